The van der Waals surface area contributed by atoms with Crippen LogP contribution in [0.1, 0.15) is 18.1 Å². The molecule has 4 heterocycles. The smallest absolute Gasteiger partial charge is 0.198 e. The number of aromatic hydroxyl groups is 1. The zero-order valence-electron chi connectivity index (χ0n) is 15.2. The molecule has 0 spiro atoms. The van der Waals surface area contributed by atoms with E-state index in [4.69, 9.17) is 5.73 Å². The second-order valence-corrected chi connectivity index (χ2v) is 6.41. The van der Waals surface area contributed by atoms with E-state index in [1.54, 1.807) is 23.3 Å². The lowest BCUT2D eigenvalue weighted by Gasteiger charge is -2.07. The number of rotatable bonds is 3. The van der Waals surface area contributed by atoms with Crippen molar-refractivity contribution in [2.24, 2.45) is 12.0 Å². The number of hydrogen-bond acceptors (Lipinski definition) is 6. The summed E-state index contributed by atoms with van der Waals surface area (Å²) in [5.74, 6) is 0.623. The number of H-pyrrole nitrogens is 1. The quantitative estimate of drug-likeness (QED) is 0.485. The van der Waals surface area contributed by atoms with Gasteiger partial charge in [0.05, 0.1) is 40.6 Å². The molecule has 0 unspecified atom stereocenters. The van der Waals surface area contributed by atoms with E-state index in [0.29, 0.717) is 22.8 Å². The molecule has 0 aliphatic carbocycles. The predicted octanol–water partition coefficient (Wildman–Crippen LogP) is 3.10. The van der Waals surface area contributed by atoms with Gasteiger partial charge in [-0.05, 0) is 25.5 Å². The van der Waals surface area contributed by atoms with Gasteiger partial charge in [-0.3, -0.25) is 14.6 Å². The number of aliphatic imine (C=N–C) groups is 1. The van der Waals surface area contributed by atoms with Gasteiger partial charge in [0.2, 0.25) is 0 Å². The summed E-state index contributed by atoms with van der Waals surface area (Å²) >= 11 is 0. The second-order valence-electron chi connectivity index (χ2n) is 6.41. The van der Waals surface area contributed by atoms with E-state index in [2.05, 4.69) is 25.0 Å². The molecule has 0 bridgehead atoms. The third kappa shape index (κ3) is 2.91. The largest absolute Gasteiger partial charge is 0.494 e. The third-order valence-electron chi connectivity index (χ3n) is 4.54. The minimum absolute atomic E-state index is 0.0450. The molecule has 0 amide bonds. The molecule has 4 N–H and O–H groups in total. The topological polar surface area (TPSA) is 118 Å². The zero-order valence-corrected chi connectivity index (χ0v) is 15.2. The molecule has 0 fully saturated rings. The van der Waals surface area contributed by atoms with Crippen LogP contribution in [0.2, 0.25) is 0 Å². The van der Waals surface area contributed by atoms with E-state index in [9.17, 15) is 5.11 Å². The minimum atomic E-state index is 0.0450. The molecule has 0 saturated heterocycles. The van der Waals surface area contributed by atoms with Crippen LogP contribution in [0.25, 0.3) is 22.2 Å². The number of aromatic nitrogens is 5. The van der Waals surface area contributed by atoms with Crippen LogP contribution in [-0.4, -0.2) is 35.6 Å². The highest BCUT2D eigenvalue weighted by molar-refractivity contribution is 6.13. The summed E-state index contributed by atoms with van der Waals surface area (Å²) in [6, 6.07) is 3.71. The summed E-state index contributed by atoms with van der Waals surface area (Å²) in [6.45, 7) is 3.77. The van der Waals surface area contributed by atoms with E-state index < -0.39 is 0 Å². The maximum Gasteiger partial charge on any atom is 0.198 e. The average molecular weight is 361 g/mol. The van der Waals surface area contributed by atoms with Crippen LogP contribution in [0.5, 0.6) is 5.88 Å². The number of aryl methyl sites for hydroxylation is 1. The molecule has 0 atom stereocenters. The normalized spacial score (nSPS) is 12.0. The van der Waals surface area contributed by atoms with Crippen molar-refractivity contribution in [1.82, 2.24) is 24.7 Å². The summed E-state index contributed by atoms with van der Waals surface area (Å²) < 4.78 is 1.68. The highest BCUT2D eigenvalue weighted by Crippen LogP contribution is 2.32. The molecule has 8 heteroatoms. The monoisotopic (exact) mass is 361 g/mol. The van der Waals surface area contributed by atoms with E-state index in [1.807, 2.05) is 39.2 Å². The van der Waals surface area contributed by atoms with E-state index in [1.165, 1.54) is 0 Å². The van der Waals surface area contributed by atoms with Gasteiger partial charge in [-0.2, -0.15) is 5.10 Å². The van der Waals surface area contributed by atoms with Gasteiger partial charge >= 0.3 is 0 Å². The number of nitrogens with zero attached hydrogens (tertiary/aromatic N) is 5. The molecule has 4 rings (SSSR count). The molecule has 27 heavy (non-hydrogen) atoms. The Labute approximate surface area is 155 Å². The third-order valence-corrected chi connectivity index (χ3v) is 4.54. The Balaban J connectivity index is 1.88. The molecule has 0 radical (unpaired) electrons. The van der Waals surface area contributed by atoms with Gasteiger partial charge in [-0.1, -0.05) is 0 Å². The first-order valence-electron chi connectivity index (χ1n) is 8.40. The van der Waals surface area contributed by atoms with Crippen LogP contribution in [-0.2, 0) is 7.05 Å². The fraction of sp³-hybridized carbons (Fsp3) is 0.158. The summed E-state index contributed by atoms with van der Waals surface area (Å²) in [5, 5.41) is 15.5. The van der Waals surface area contributed by atoms with Crippen LogP contribution in [0.15, 0.2) is 41.9 Å². The zero-order chi connectivity index (χ0) is 19.1. The lowest BCUT2D eigenvalue weighted by atomic mass is 10.0. The van der Waals surface area contributed by atoms with Crippen molar-refractivity contribution in [1.29, 1.82) is 0 Å². The maximum absolute atomic E-state index is 10.4. The Morgan fingerprint density at radius 3 is 2.85 bits per heavy atom. The maximum atomic E-state index is 10.4. The highest BCUT2D eigenvalue weighted by atomic mass is 16.3. The molecule has 0 saturated carbocycles. The summed E-state index contributed by atoms with van der Waals surface area (Å²) in [5.41, 5.74) is 11.1. The first kappa shape index (κ1) is 16.8. The molecule has 4 aromatic rings. The lowest BCUT2D eigenvalue weighted by molar-refractivity contribution is 0.457. The first-order valence-corrected chi connectivity index (χ1v) is 8.40. The highest BCUT2D eigenvalue weighted by Gasteiger charge is 2.16. The van der Waals surface area contributed by atoms with E-state index >= 15 is 0 Å². The molecule has 136 valence electrons. The van der Waals surface area contributed by atoms with E-state index in [0.717, 1.165) is 27.7 Å². The van der Waals surface area contributed by atoms with Crippen molar-refractivity contribution in [3.8, 4) is 17.1 Å². The Kier molecular flexibility index (Phi) is 3.88. The number of nitrogens with two attached hydrogens (primary N) is 1. The molecule has 0 aromatic carbocycles. The van der Waals surface area contributed by atoms with Crippen LogP contribution >= 0.6 is 0 Å². The molecule has 0 aliphatic heterocycles. The second kappa shape index (κ2) is 6.24. The number of nitrogens with one attached hydrogen (secondary N) is 1. The minimum Gasteiger partial charge on any atom is -0.494 e. The Bertz CT molecular complexity index is 1190. The van der Waals surface area contributed by atoms with Crippen LogP contribution < -0.4 is 5.73 Å². The first-order chi connectivity index (χ1) is 12.9. The molecule has 0 aliphatic rings. The number of aromatic amines is 1. The number of pyridine rings is 2. The molecule has 4 aromatic heterocycles. The van der Waals surface area contributed by atoms with Gasteiger partial charge in [-0.25, -0.2) is 4.99 Å². The lowest BCUT2D eigenvalue weighted by Crippen LogP contribution is -1.96. The van der Waals surface area contributed by atoms with Crippen molar-refractivity contribution >= 4 is 28.1 Å². The van der Waals surface area contributed by atoms with Crippen LogP contribution in [0.3, 0.4) is 0 Å². The fourth-order valence-corrected chi connectivity index (χ4v) is 3.08. The number of nitrogen functional groups attached to an aromatic ring is 1. The van der Waals surface area contributed by atoms with Crippen LogP contribution in [0.4, 0.5) is 11.5 Å². The summed E-state index contributed by atoms with van der Waals surface area (Å²) in [7, 11) is 1.83. The SMILES string of the molecule is CC(=Nc1ccn(C)n1)c1c(O)[nH]c2cnc(-c3cncc(N)c3C)cc12. The van der Waals surface area contributed by atoms with Gasteiger partial charge < -0.3 is 15.8 Å². The fourth-order valence-electron chi connectivity index (χ4n) is 3.08. The van der Waals surface area contributed by atoms with Gasteiger partial charge in [0.15, 0.2) is 11.7 Å². The number of fused-ring (bicyclic) bond motifs is 1. The molecule has 8 nitrogen and oxygen atoms in total. The number of anilines is 1. The van der Waals surface area contributed by atoms with Crippen molar-refractivity contribution in [2.75, 3.05) is 5.73 Å². The standard InChI is InChI=1S/C19H19N7O/c1-10-13(7-21-8-14(10)20)15-6-12-16(9-22-15)24-19(27)18(12)11(2)23-17-4-5-26(3)25-17/h4-9,24,27H,20H2,1-3H3. The molecular formula is C19H19N7O. The van der Waals surface area contributed by atoms with Crippen molar-refractivity contribution in [3.63, 3.8) is 0 Å². The Morgan fingerprint density at radius 2 is 2.11 bits per heavy atom. The number of hydrogen-bond donors (Lipinski definition) is 3. The average Bonchev–Trinajstić information content (AvgIpc) is 3.18. The molecular weight excluding hydrogens is 342 g/mol. The Hall–Kier alpha value is -3.68. The summed E-state index contributed by atoms with van der Waals surface area (Å²) in [4.78, 5) is 16.1. The van der Waals surface area contributed by atoms with Crippen molar-refractivity contribution < 1.29 is 5.11 Å². The van der Waals surface area contributed by atoms with Crippen LogP contribution in [0, 0.1) is 6.92 Å². The van der Waals surface area contributed by atoms with E-state index in [-0.39, 0.29) is 5.88 Å². The Morgan fingerprint density at radius 1 is 1.30 bits per heavy atom. The van der Waals surface area contributed by atoms with Gasteiger partial charge in [0, 0.05) is 36.5 Å². The van der Waals surface area contributed by atoms with Crippen molar-refractivity contribution in [3.05, 3.63) is 48.0 Å². The summed E-state index contributed by atoms with van der Waals surface area (Å²) in [6.07, 6.45) is 6.86. The van der Waals surface area contributed by atoms with Gasteiger partial charge in [-0.15, -0.1) is 0 Å². The predicted molar refractivity (Wildman–Crippen MR) is 105 cm³/mol. The van der Waals surface area contributed by atoms with Gasteiger partial charge in [0.25, 0.3) is 0 Å². The van der Waals surface area contributed by atoms with Crippen molar-refractivity contribution in [2.45, 2.75) is 13.8 Å². The van der Waals surface area contributed by atoms with Gasteiger partial charge in [0.1, 0.15) is 0 Å².